The molecule has 1 N–H and O–H groups in total. The molecule has 0 aromatic heterocycles. The molecule has 1 amide bonds. The second kappa shape index (κ2) is 8.51. The van der Waals surface area contributed by atoms with Crippen molar-refractivity contribution < 1.29 is 27.5 Å². The third-order valence-corrected chi connectivity index (χ3v) is 3.71. The smallest absolute Gasteiger partial charge is 0.217 e. The zero-order valence-corrected chi connectivity index (χ0v) is 14.3. The van der Waals surface area contributed by atoms with Gasteiger partial charge < -0.3 is 10.1 Å². The van der Waals surface area contributed by atoms with Crippen LogP contribution in [0.5, 0.6) is 5.75 Å². The van der Waals surface area contributed by atoms with E-state index in [1.54, 1.807) is 30.3 Å². The highest BCUT2D eigenvalue weighted by Gasteiger charge is 2.23. The molecule has 7 heteroatoms. The number of nitrogens with one attached hydrogen (secondary N) is 1. The minimum atomic E-state index is -1.50. The molecule has 0 spiro atoms. The maximum Gasteiger partial charge on any atom is 0.217 e. The summed E-state index contributed by atoms with van der Waals surface area (Å²) in [6.45, 7) is 1.79. The quantitative estimate of drug-likeness (QED) is 0.767. The summed E-state index contributed by atoms with van der Waals surface area (Å²) in [6.07, 6.45) is 0.190. The fraction of sp³-hybridized carbons (Fsp3) is 0.263. The van der Waals surface area contributed by atoms with Crippen LogP contribution >= 0.6 is 0 Å². The highest BCUT2D eigenvalue weighted by molar-refractivity contribution is 5.89. The van der Waals surface area contributed by atoms with Crippen molar-refractivity contribution in [3.8, 4) is 5.75 Å². The number of hydrogen-bond donors (Lipinski definition) is 1. The number of ether oxygens (including phenoxy) is 1. The maximum atomic E-state index is 13.9. The van der Waals surface area contributed by atoms with E-state index < -0.39 is 47.5 Å². The van der Waals surface area contributed by atoms with Gasteiger partial charge in [-0.3, -0.25) is 9.59 Å². The van der Waals surface area contributed by atoms with E-state index >= 15 is 0 Å². The van der Waals surface area contributed by atoms with Crippen molar-refractivity contribution in [1.29, 1.82) is 0 Å². The molecule has 0 aliphatic carbocycles. The number of carbonyl (C=O) groups excluding carboxylic acids is 2. The summed E-state index contributed by atoms with van der Waals surface area (Å²) >= 11 is 0. The van der Waals surface area contributed by atoms with E-state index in [1.165, 1.54) is 13.8 Å². The van der Waals surface area contributed by atoms with Gasteiger partial charge in [-0.15, -0.1) is 0 Å². The summed E-state index contributed by atoms with van der Waals surface area (Å²) in [6, 6.07) is 8.68. The lowest BCUT2D eigenvalue weighted by Crippen LogP contribution is -2.43. The van der Waals surface area contributed by atoms with Crippen LogP contribution in [0.2, 0.25) is 0 Å². The van der Waals surface area contributed by atoms with E-state index in [0.717, 1.165) is 5.56 Å². The Bertz CT molecular complexity index is 783. The Hall–Kier alpha value is -2.83. The third kappa shape index (κ3) is 4.84. The standard InChI is InChI=1S/C19H18F3NO3/c1-11-8-14(20)18(22)19(17(11)21)26-10-16(25)15(23-12(2)24)9-13-6-4-3-5-7-13/h3-8,15H,9-10H2,1-2H3,(H,23,24)/t15-/m0/s1. The van der Waals surface area contributed by atoms with Crippen molar-refractivity contribution >= 4 is 11.7 Å². The Balaban J connectivity index is 2.14. The minimum absolute atomic E-state index is 0.144. The van der Waals surface area contributed by atoms with E-state index in [9.17, 15) is 22.8 Å². The van der Waals surface area contributed by atoms with Gasteiger partial charge in [-0.05, 0) is 30.5 Å². The van der Waals surface area contributed by atoms with Gasteiger partial charge in [-0.2, -0.15) is 4.39 Å². The third-order valence-electron chi connectivity index (χ3n) is 3.71. The molecule has 0 bridgehead atoms. The summed E-state index contributed by atoms with van der Waals surface area (Å²) < 4.78 is 46.0. The lowest BCUT2D eigenvalue weighted by atomic mass is 10.0. The molecule has 1 atom stereocenters. The molecule has 0 saturated heterocycles. The number of rotatable bonds is 7. The predicted octanol–water partition coefficient (Wildman–Crippen LogP) is 3.11. The molecular weight excluding hydrogens is 347 g/mol. The molecule has 138 valence electrons. The number of amides is 1. The predicted molar refractivity (Wildman–Crippen MR) is 89.3 cm³/mol. The molecule has 0 aliphatic heterocycles. The molecular formula is C19H18F3NO3. The van der Waals surface area contributed by atoms with Crippen molar-refractivity contribution in [1.82, 2.24) is 5.32 Å². The first-order valence-electron chi connectivity index (χ1n) is 7.90. The number of halogens is 3. The fourth-order valence-electron chi connectivity index (χ4n) is 2.41. The molecule has 0 saturated carbocycles. The topological polar surface area (TPSA) is 55.4 Å². The second-order valence-electron chi connectivity index (χ2n) is 5.83. The van der Waals surface area contributed by atoms with Gasteiger partial charge >= 0.3 is 0 Å². The van der Waals surface area contributed by atoms with Crippen molar-refractivity contribution in [3.05, 3.63) is 65.0 Å². The number of ketones is 1. The number of carbonyl (C=O) groups is 2. The first-order chi connectivity index (χ1) is 12.3. The summed E-state index contributed by atoms with van der Waals surface area (Å²) in [7, 11) is 0. The molecule has 4 nitrogen and oxygen atoms in total. The molecule has 0 unspecified atom stereocenters. The summed E-state index contributed by atoms with van der Waals surface area (Å²) in [5, 5.41) is 2.49. The van der Waals surface area contributed by atoms with Gasteiger partial charge in [0.2, 0.25) is 11.7 Å². The molecule has 2 aromatic rings. The first kappa shape index (κ1) is 19.5. The normalized spacial score (nSPS) is 11.7. The first-order valence-corrected chi connectivity index (χ1v) is 7.90. The van der Waals surface area contributed by atoms with Crippen molar-refractivity contribution in [3.63, 3.8) is 0 Å². The SMILES string of the molecule is CC(=O)N[C@@H](Cc1ccccc1)C(=O)COc1c(F)c(C)cc(F)c1F. The monoisotopic (exact) mass is 365 g/mol. The fourth-order valence-corrected chi connectivity index (χ4v) is 2.41. The summed E-state index contributed by atoms with van der Waals surface area (Å²) in [4.78, 5) is 23.7. The van der Waals surface area contributed by atoms with E-state index in [0.29, 0.717) is 6.07 Å². The van der Waals surface area contributed by atoms with Crippen LogP contribution in [0.25, 0.3) is 0 Å². The molecule has 0 heterocycles. The van der Waals surface area contributed by atoms with Gasteiger partial charge in [0, 0.05) is 6.92 Å². The minimum Gasteiger partial charge on any atom is -0.480 e. The van der Waals surface area contributed by atoms with E-state index in [2.05, 4.69) is 5.32 Å². The van der Waals surface area contributed by atoms with Crippen LogP contribution in [0.4, 0.5) is 13.2 Å². The highest BCUT2D eigenvalue weighted by Crippen LogP contribution is 2.26. The van der Waals surface area contributed by atoms with Crippen LogP contribution in [-0.2, 0) is 16.0 Å². The van der Waals surface area contributed by atoms with Crippen LogP contribution < -0.4 is 10.1 Å². The van der Waals surface area contributed by atoms with Gasteiger partial charge in [0.1, 0.15) is 6.61 Å². The second-order valence-corrected chi connectivity index (χ2v) is 5.83. The van der Waals surface area contributed by atoms with Gasteiger partial charge in [0.25, 0.3) is 0 Å². The van der Waals surface area contributed by atoms with Crippen LogP contribution in [0.3, 0.4) is 0 Å². The molecule has 0 fully saturated rings. The summed E-state index contributed by atoms with van der Waals surface area (Å²) in [5.74, 6) is -5.81. The molecule has 0 radical (unpaired) electrons. The van der Waals surface area contributed by atoms with Crippen molar-refractivity contribution in [2.45, 2.75) is 26.3 Å². The van der Waals surface area contributed by atoms with Crippen LogP contribution in [0.15, 0.2) is 36.4 Å². The molecule has 0 aliphatic rings. The van der Waals surface area contributed by atoms with Gasteiger partial charge in [0.15, 0.2) is 23.2 Å². The van der Waals surface area contributed by atoms with Crippen molar-refractivity contribution in [2.24, 2.45) is 0 Å². The molecule has 2 aromatic carbocycles. The van der Waals surface area contributed by atoms with E-state index in [4.69, 9.17) is 4.74 Å². The lowest BCUT2D eigenvalue weighted by Gasteiger charge is -2.18. The Labute approximate surface area is 149 Å². The maximum absolute atomic E-state index is 13.9. The Morgan fingerprint density at radius 2 is 1.77 bits per heavy atom. The van der Waals surface area contributed by atoms with Crippen LogP contribution in [0.1, 0.15) is 18.1 Å². The Morgan fingerprint density at radius 3 is 2.38 bits per heavy atom. The average Bonchev–Trinajstić information content (AvgIpc) is 2.60. The van der Waals surface area contributed by atoms with Crippen LogP contribution in [0, 0.1) is 24.4 Å². The molecule has 2 rings (SSSR count). The zero-order chi connectivity index (χ0) is 19.3. The average molecular weight is 365 g/mol. The number of Topliss-reactive ketones (excluding diaryl/α,β-unsaturated/α-hetero) is 1. The largest absolute Gasteiger partial charge is 0.480 e. The highest BCUT2D eigenvalue weighted by atomic mass is 19.2. The Morgan fingerprint density at radius 1 is 1.12 bits per heavy atom. The van der Waals surface area contributed by atoms with E-state index in [-0.39, 0.29) is 12.0 Å². The van der Waals surface area contributed by atoms with Gasteiger partial charge in [-0.25, -0.2) is 8.78 Å². The Kier molecular flexibility index (Phi) is 6.38. The number of hydrogen-bond acceptors (Lipinski definition) is 3. The number of benzene rings is 2. The van der Waals surface area contributed by atoms with E-state index in [1.807, 2.05) is 0 Å². The van der Waals surface area contributed by atoms with Gasteiger partial charge in [-0.1, -0.05) is 30.3 Å². The lowest BCUT2D eigenvalue weighted by molar-refractivity contribution is -0.128. The molecule has 26 heavy (non-hydrogen) atoms. The van der Waals surface area contributed by atoms with Crippen molar-refractivity contribution in [2.75, 3.05) is 6.61 Å². The zero-order valence-electron chi connectivity index (χ0n) is 14.3. The van der Waals surface area contributed by atoms with Gasteiger partial charge in [0.05, 0.1) is 6.04 Å². The summed E-state index contributed by atoms with van der Waals surface area (Å²) in [5.41, 5.74) is 0.646. The van der Waals surface area contributed by atoms with Crippen LogP contribution in [-0.4, -0.2) is 24.3 Å². The number of aryl methyl sites for hydroxylation is 1.